The molecule has 2 aromatic carbocycles. The monoisotopic (exact) mass is 413 g/mol. The van der Waals surface area contributed by atoms with E-state index in [-0.39, 0.29) is 16.6 Å². The van der Waals surface area contributed by atoms with Crippen molar-refractivity contribution in [2.24, 2.45) is 0 Å². The second-order valence-corrected chi connectivity index (χ2v) is 8.52. The summed E-state index contributed by atoms with van der Waals surface area (Å²) in [4.78, 5) is 11.9. The molecule has 0 radical (unpaired) electrons. The van der Waals surface area contributed by atoms with E-state index in [1.54, 1.807) is 36.5 Å². The number of hydrogen-bond donors (Lipinski definition) is 2. The second kappa shape index (κ2) is 6.89. The normalized spacial score (nSPS) is 12.0. The lowest BCUT2D eigenvalue weighted by atomic mass is 10.2. The van der Waals surface area contributed by atoms with Crippen LogP contribution in [-0.4, -0.2) is 41.5 Å². The van der Waals surface area contributed by atoms with Gasteiger partial charge in [-0.25, -0.2) is 13.2 Å². The summed E-state index contributed by atoms with van der Waals surface area (Å²) in [5.41, 5.74) is 1.85. The van der Waals surface area contributed by atoms with Gasteiger partial charge in [-0.05, 0) is 50.2 Å². The van der Waals surface area contributed by atoms with Gasteiger partial charge in [0.2, 0.25) is 0 Å². The van der Waals surface area contributed by atoms with Crippen molar-refractivity contribution in [1.29, 1.82) is 0 Å². The van der Waals surface area contributed by atoms with Crippen LogP contribution >= 0.6 is 0 Å². The first-order chi connectivity index (χ1) is 13.8. The zero-order chi connectivity index (χ0) is 20.8. The highest BCUT2D eigenvalue weighted by atomic mass is 32.2. The molecular weight excluding hydrogens is 394 g/mol. The quantitative estimate of drug-likeness (QED) is 0.485. The van der Waals surface area contributed by atoms with Crippen LogP contribution in [-0.2, 0) is 14.8 Å². The zero-order valence-corrected chi connectivity index (χ0v) is 16.8. The highest BCUT2D eigenvalue weighted by Gasteiger charge is 2.19. The van der Waals surface area contributed by atoms with Crippen LogP contribution in [0.25, 0.3) is 21.8 Å². The van der Waals surface area contributed by atoms with Gasteiger partial charge in [0, 0.05) is 22.5 Å². The van der Waals surface area contributed by atoms with Crippen LogP contribution in [0.1, 0.15) is 30.4 Å². The molecule has 0 saturated carbocycles. The van der Waals surface area contributed by atoms with Gasteiger partial charge in [0.1, 0.15) is 0 Å². The molecule has 0 aliphatic heterocycles. The fourth-order valence-electron chi connectivity index (χ4n) is 3.15. The van der Waals surface area contributed by atoms with Crippen LogP contribution in [0.2, 0.25) is 0 Å². The first-order valence-corrected chi connectivity index (χ1v) is 10.3. The number of H-pyrrole nitrogens is 1. The molecular formula is C19H19N5O4S. The number of methoxy groups -OCH3 is 1. The van der Waals surface area contributed by atoms with Crippen molar-refractivity contribution < 1.29 is 17.9 Å². The summed E-state index contributed by atoms with van der Waals surface area (Å²) in [6.45, 7) is 4.01. The largest absolute Gasteiger partial charge is 0.464 e. The number of carbonyl (C=O) groups excluding carboxylic acids is 1. The van der Waals surface area contributed by atoms with E-state index in [0.29, 0.717) is 16.6 Å². The Kier molecular flexibility index (Phi) is 4.50. The van der Waals surface area contributed by atoms with Crippen molar-refractivity contribution in [2.45, 2.75) is 24.8 Å². The van der Waals surface area contributed by atoms with Crippen LogP contribution < -0.4 is 4.72 Å². The third-order valence-corrected chi connectivity index (χ3v) is 5.94. The van der Waals surface area contributed by atoms with E-state index in [2.05, 4.69) is 20.0 Å². The number of anilines is 1. The standard InChI is InChI=1S/C19H19N5O4S/c1-11(2)24-17-7-5-14(8-12(17)10-20-24)29(26,27)23-13-4-6-16-15(9-13)18(22-21-16)19(25)28-3/h4-11,23H,1-3H3,(H,21,22). The molecule has 29 heavy (non-hydrogen) atoms. The Labute approximate surface area is 166 Å². The van der Waals surface area contributed by atoms with E-state index < -0.39 is 16.0 Å². The molecule has 150 valence electrons. The molecule has 4 aromatic rings. The van der Waals surface area contributed by atoms with Crippen LogP contribution in [0.4, 0.5) is 5.69 Å². The number of nitrogens with zero attached hydrogens (tertiary/aromatic N) is 3. The molecule has 0 spiro atoms. The van der Waals surface area contributed by atoms with Crippen LogP contribution in [0.3, 0.4) is 0 Å². The summed E-state index contributed by atoms with van der Waals surface area (Å²) < 4.78 is 34.8. The molecule has 2 aromatic heterocycles. The number of sulfonamides is 1. The number of esters is 1. The molecule has 2 N–H and O–H groups in total. The van der Waals surface area contributed by atoms with Crippen molar-refractivity contribution in [3.63, 3.8) is 0 Å². The average Bonchev–Trinajstić information content (AvgIpc) is 3.30. The number of aromatic nitrogens is 4. The predicted octanol–water partition coefficient (Wildman–Crippen LogP) is 3.08. The van der Waals surface area contributed by atoms with Crippen LogP contribution in [0.5, 0.6) is 0 Å². The summed E-state index contributed by atoms with van der Waals surface area (Å²) in [5, 5.41) is 12.2. The molecule has 0 atom stereocenters. The van der Waals surface area contributed by atoms with Crippen LogP contribution in [0, 0.1) is 0 Å². The van der Waals surface area contributed by atoms with Crippen molar-refractivity contribution in [2.75, 3.05) is 11.8 Å². The Morgan fingerprint density at radius 3 is 2.72 bits per heavy atom. The highest BCUT2D eigenvalue weighted by molar-refractivity contribution is 7.92. The Morgan fingerprint density at radius 1 is 1.21 bits per heavy atom. The Morgan fingerprint density at radius 2 is 2.00 bits per heavy atom. The van der Waals surface area contributed by atoms with Gasteiger partial charge in [0.05, 0.1) is 29.2 Å². The molecule has 0 amide bonds. The smallest absolute Gasteiger partial charge is 0.359 e. The highest BCUT2D eigenvalue weighted by Crippen LogP contribution is 2.25. The van der Waals surface area contributed by atoms with E-state index in [1.165, 1.54) is 13.2 Å². The molecule has 0 fully saturated rings. The molecule has 0 saturated heterocycles. The topological polar surface area (TPSA) is 119 Å². The molecule has 0 unspecified atom stereocenters. The summed E-state index contributed by atoms with van der Waals surface area (Å²) in [6, 6.07) is 9.81. The molecule has 2 heterocycles. The number of aromatic amines is 1. The van der Waals surface area contributed by atoms with Gasteiger partial charge >= 0.3 is 5.97 Å². The lowest BCUT2D eigenvalue weighted by Gasteiger charge is -2.10. The lowest BCUT2D eigenvalue weighted by molar-refractivity contribution is 0.0596. The maximum absolute atomic E-state index is 12.9. The predicted molar refractivity (Wildman–Crippen MR) is 108 cm³/mol. The molecule has 9 nitrogen and oxygen atoms in total. The number of carbonyl (C=O) groups is 1. The number of ether oxygens (including phenoxy) is 1. The molecule has 0 bridgehead atoms. The van der Waals surface area contributed by atoms with Gasteiger partial charge in [-0.1, -0.05) is 0 Å². The van der Waals surface area contributed by atoms with Gasteiger partial charge < -0.3 is 4.74 Å². The van der Waals surface area contributed by atoms with E-state index >= 15 is 0 Å². The average molecular weight is 413 g/mol. The fraction of sp³-hybridized carbons (Fsp3) is 0.211. The third kappa shape index (κ3) is 3.31. The number of fused-ring (bicyclic) bond motifs is 2. The Hall–Kier alpha value is -3.40. The van der Waals surface area contributed by atoms with Crippen molar-refractivity contribution in [3.8, 4) is 0 Å². The maximum atomic E-state index is 12.9. The number of benzene rings is 2. The number of nitrogens with one attached hydrogen (secondary N) is 2. The summed E-state index contributed by atoms with van der Waals surface area (Å²) in [6.07, 6.45) is 1.65. The molecule has 10 heteroatoms. The number of rotatable bonds is 5. The van der Waals surface area contributed by atoms with Crippen molar-refractivity contribution in [3.05, 3.63) is 48.3 Å². The van der Waals surface area contributed by atoms with Crippen molar-refractivity contribution >= 4 is 43.5 Å². The summed E-state index contributed by atoms with van der Waals surface area (Å²) in [7, 11) is -2.58. The SMILES string of the molecule is COC(=O)c1n[nH]c2ccc(NS(=O)(=O)c3ccc4c(cnn4C(C)C)c3)cc12. The zero-order valence-electron chi connectivity index (χ0n) is 16.0. The van der Waals surface area contributed by atoms with E-state index in [0.717, 1.165) is 10.9 Å². The van der Waals surface area contributed by atoms with Gasteiger partial charge in [-0.3, -0.25) is 14.5 Å². The second-order valence-electron chi connectivity index (χ2n) is 6.83. The Balaban J connectivity index is 1.69. The lowest BCUT2D eigenvalue weighted by Crippen LogP contribution is -2.13. The van der Waals surface area contributed by atoms with Crippen molar-refractivity contribution in [1.82, 2.24) is 20.0 Å². The third-order valence-electron chi connectivity index (χ3n) is 4.56. The fourth-order valence-corrected chi connectivity index (χ4v) is 4.24. The minimum atomic E-state index is -3.84. The maximum Gasteiger partial charge on any atom is 0.359 e. The van der Waals surface area contributed by atoms with Crippen LogP contribution in [0.15, 0.2) is 47.5 Å². The minimum Gasteiger partial charge on any atom is -0.464 e. The van der Waals surface area contributed by atoms with Gasteiger partial charge in [0.25, 0.3) is 10.0 Å². The summed E-state index contributed by atoms with van der Waals surface area (Å²) >= 11 is 0. The van der Waals surface area contributed by atoms with Gasteiger partial charge in [0.15, 0.2) is 5.69 Å². The summed E-state index contributed by atoms with van der Waals surface area (Å²) in [5.74, 6) is -0.608. The first-order valence-electron chi connectivity index (χ1n) is 8.86. The van der Waals surface area contributed by atoms with E-state index in [4.69, 9.17) is 4.74 Å². The van der Waals surface area contributed by atoms with Gasteiger partial charge in [-0.15, -0.1) is 0 Å². The molecule has 0 aliphatic rings. The first kappa shape index (κ1) is 18.9. The van der Waals surface area contributed by atoms with E-state index in [1.807, 2.05) is 18.5 Å². The minimum absolute atomic E-state index is 0.0890. The number of hydrogen-bond acceptors (Lipinski definition) is 6. The van der Waals surface area contributed by atoms with E-state index in [9.17, 15) is 13.2 Å². The molecule has 0 aliphatic carbocycles. The molecule has 4 rings (SSSR count). The Bertz CT molecular complexity index is 1340. The van der Waals surface area contributed by atoms with Gasteiger partial charge in [-0.2, -0.15) is 10.2 Å².